The second kappa shape index (κ2) is 5.97. The monoisotopic (exact) mass is 224 g/mol. The van der Waals surface area contributed by atoms with Crippen molar-refractivity contribution in [1.29, 1.82) is 0 Å². The molecule has 1 aromatic carbocycles. The maximum Gasteiger partial charge on any atom is 0.160 e. The van der Waals surface area contributed by atoms with Crippen LogP contribution in [0.5, 0.6) is 0 Å². The summed E-state index contributed by atoms with van der Waals surface area (Å²) >= 11 is 0. The first-order valence-corrected chi connectivity index (χ1v) is 5.76. The van der Waals surface area contributed by atoms with Crippen LogP contribution in [-0.2, 0) is 15.9 Å². The number of hydrogen-bond acceptors (Lipinski definition) is 2. The summed E-state index contributed by atoms with van der Waals surface area (Å²) in [6.07, 6.45) is 0.489. The summed E-state index contributed by atoms with van der Waals surface area (Å²) in [6, 6.07) is 9.97. The Morgan fingerprint density at radius 3 is 2.56 bits per heavy atom. The van der Waals surface area contributed by atoms with E-state index in [2.05, 4.69) is 0 Å². The van der Waals surface area contributed by atoms with Crippen molar-refractivity contribution >= 4 is 0 Å². The Morgan fingerprint density at radius 2 is 1.88 bits per heavy atom. The molecule has 16 heavy (non-hydrogen) atoms. The van der Waals surface area contributed by atoms with Crippen LogP contribution in [0.4, 0.5) is 4.39 Å². The van der Waals surface area contributed by atoms with Gasteiger partial charge in [-0.05, 0) is 18.4 Å². The van der Waals surface area contributed by atoms with E-state index in [4.69, 9.17) is 9.47 Å². The molecule has 1 saturated heterocycles. The summed E-state index contributed by atoms with van der Waals surface area (Å²) in [4.78, 5) is 0. The van der Waals surface area contributed by atoms with Crippen molar-refractivity contribution in [2.75, 3.05) is 13.2 Å². The summed E-state index contributed by atoms with van der Waals surface area (Å²) in [6.45, 7) is 1.19. The molecule has 1 heterocycles. The van der Waals surface area contributed by atoms with E-state index in [1.807, 2.05) is 30.3 Å². The summed E-state index contributed by atoms with van der Waals surface area (Å²) in [7, 11) is 0. The quantitative estimate of drug-likeness (QED) is 0.765. The zero-order valence-electron chi connectivity index (χ0n) is 9.27. The lowest BCUT2D eigenvalue weighted by atomic mass is 10.1. The number of halogens is 1. The van der Waals surface area contributed by atoms with Gasteiger partial charge in [-0.15, -0.1) is 0 Å². The van der Waals surface area contributed by atoms with Crippen LogP contribution < -0.4 is 0 Å². The number of hydrogen-bond donors (Lipinski definition) is 0. The molecule has 0 radical (unpaired) electrons. The molecular weight excluding hydrogens is 207 g/mol. The van der Waals surface area contributed by atoms with Crippen molar-refractivity contribution in [3.63, 3.8) is 0 Å². The van der Waals surface area contributed by atoms with Crippen LogP contribution in [0.25, 0.3) is 0 Å². The van der Waals surface area contributed by atoms with Crippen LogP contribution in [0.15, 0.2) is 30.3 Å². The smallest absolute Gasteiger partial charge is 0.160 e. The third-order valence-electron chi connectivity index (χ3n) is 2.73. The van der Waals surface area contributed by atoms with Gasteiger partial charge in [0.25, 0.3) is 0 Å². The number of benzene rings is 1. The van der Waals surface area contributed by atoms with E-state index in [1.165, 1.54) is 5.56 Å². The third kappa shape index (κ3) is 3.58. The second-order valence-corrected chi connectivity index (χ2v) is 4.03. The van der Waals surface area contributed by atoms with Gasteiger partial charge in [-0.2, -0.15) is 0 Å². The lowest BCUT2D eigenvalue weighted by Gasteiger charge is -2.12. The minimum absolute atomic E-state index is 0.328. The number of ether oxygens (including phenoxy) is 2. The van der Waals surface area contributed by atoms with E-state index < -0.39 is 6.17 Å². The Balaban J connectivity index is 1.69. The molecule has 1 fully saturated rings. The van der Waals surface area contributed by atoms with Crippen molar-refractivity contribution in [2.45, 2.75) is 31.7 Å². The van der Waals surface area contributed by atoms with Gasteiger partial charge in [0.15, 0.2) is 6.29 Å². The Kier molecular flexibility index (Phi) is 4.31. The first-order chi connectivity index (χ1) is 7.84. The molecule has 0 amide bonds. The van der Waals surface area contributed by atoms with Crippen LogP contribution in [0.2, 0.25) is 0 Å². The van der Waals surface area contributed by atoms with Crippen molar-refractivity contribution in [3.05, 3.63) is 35.9 Å². The van der Waals surface area contributed by atoms with E-state index in [-0.39, 0.29) is 6.29 Å². The van der Waals surface area contributed by atoms with Gasteiger partial charge in [0.1, 0.15) is 6.17 Å². The van der Waals surface area contributed by atoms with Gasteiger partial charge >= 0.3 is 0 Å². The van der Waals surface area contributed by atoms with Crippen molar-refractivity contribution in [2.24, 2.45) is 0 Å². The molecule has 0 aliphatic carbocycles. The lowest BCUT2D eigenvalue weighted by molar-refractivity contribution is -0.0605. The fourth-order valence-corrected chi connectivity index (χ4v) is 1.84. The predicted molar refractivity (Wildman–Crippen MR) is 60.0 cm³/mol. The summed E-state index contributed by atoms with van der Waals surface area (Å²) in [5.74, 6) is 0. The highest BCUT2D eigenvalue weighted by Gasteiger charge is 2.20. The van der Waals surface area contributed by atoms with E-state index >= 15 is 0 Å². The van der Waals surface area contributed by atoms with E-state index in [0.29, 0.717) is 26.1 Å². The fourth-order valence-electron chi connectivity index (χ4n) is 1.84. The van der Waals surface area contributed by atoms with Crippen LogP contribution in [0.1, 0.15) is 18.4 Å². The normalized spacial score (nSPS) is 18.8. The Labute approximate surface area is 95.4 Å². The average molecular weight is 224 g/mol. The summed E-state index contributed by atoms with van der Waals surface area (Å²) in [5, 5.41) is 0. The number of rotatable bonds is 5. The third-order valence-corrected chi connectivity index (χ3v) is 2.73. The molecule has 1 unspecified atom stereocenters. The maximum absolute atomic E-state index is 13.6. The van der Waals surface area contributed by atoms with Crippen molar-refractivity contribution < 1.29 is 13.9 Å². The maximum atomic E-state index is 13.6. The first-order valence-electron chi connectivity index (χ1n) is 5.76. The molecule has 1 aliphatic heterocycles. The van der Waals surface area contributed by atoms with Gasteiger partial charge in [0.2, 0.25) is 0 Å². The molecule has 2 rings (SSSR count). The summed E-state index contributed by atoms with van der Waals surface area (Å²) < 4.78 is 24.0. The molecule has 2 nitrogen and oxygen atoms in total. The second-order valence-electron chi connectivity index (χ2n) is 4.03. The SMILES string of the molecule is FC(CCc1ccccc1)CC1OCCO1. The Bertz CT molecular complexity index is 296. The van der Waals surface area contributed by atoms with Crippen molar-refractivity contribution in [1.82, 2.24) is 0 Å². The van der Waals surface area contributed by atoms with Gasteiger partial charge in [-0.25, -0.2) is 4.39 Å². The highest BCUT2D eigenvalue weighted by molar-refractivity contribution is 5.14. The highest BCUT2D eigenvalue weighted by Crippen LogP contribution is 2.16. The van der Waals surface area contributed by atoms with E-state index in [1.54, 1.807) is 0 Å². The van der Waals surface area contributed by atoms with E-state index in [9.17, 15) is 4.39 Å². The Morgan fingerprint density at radius 1 is 1.19 bits per heavy atom. The fraction of sp³-hybridized carbons (Fsp3) is 0.538. The predicted octanol–water partition coefficient (Wildman–Crippen LogP) is 2.72. The molecule has 88 valence electrons. The van der Waals surface area contributed by atoms with Crippen LogP contribution >= 0.6 is 0 Å². The molecule has 1 atom stereocenters. The van der Waals surface area contributed by atoms with Gasteiger partial charge in [-0.3, -0.25) is 0 Å². The molecule has 1 aromatic rings. The minimum Gasteiger partial charge on any atom is -0.350 e. The molecule has 0 spiro atoms. The average Bonchev–Trinajstić information content (AvgIpc) is 2.81. The highest BCUT2D eigenvalue weighted by atomic mass is 19.1. The van der Waals surface area contributed by atoms with Gasteiger partial charge < -0.3 is 9.47 Å². The zero-order valence-corrected chi connectivity index (χ0v) is 9.27. The first kappa shape index (κ1) is 11.6. The molecule has 0 saturated carbocycles. The van der Waals surface area contributed by atoms with Crippen LogP contribution in [-0.4, -0.2) is 25.7 Å². The van der Waals surface area contributed by atoms with Crippen LogP contribution in [0, 0.1) is 0 Å². The topological polar surface area (TPSA) is 18.5 Å². The summed E-state index contributed by atoms with van der Waals surface area (Å²) in [5.41, 5.74) is 1.18. The largest absolute Gasteiger partial charge is 0.350 e. The van der Waals surface area contributed by atoms with Crippen molar-refractivity contribution in [3.8, 4) is 0 Å². The minimum atomic E-state index is -0.844. The molecule has 0 N–H and O–H groups in total. The molecule has 1 aliphatic rings. The standard InChI is InChI=1S/C13H17FO2/c14-12(10-13-15-8-9-16-13)7-6-11-4-2-1-3-5-11/h1-5,12-13H,6-10H2. The number of alkyl halides is 1. The van der Waals surface area contributed by atoms with Gasteiger partial charge in [0.05, 0.1) is 13.2 Å². The zero-order chi connectivity index (χ0) is 11.2. The number of aryl methyl sites for hydroxylation is 1. The molecule has 3 heteroatoms. The lowest BCUT2D eigenvalue weighted by Crippen LogP contribution is -2.15. The molecule has 0 bridgehead atoms. The van der Waals surface area contributed by atoms with E-state index in [0.717, 1.165) is 6.42 Å². The molecule has 0 aromatic heterocycles. The van der Waals surface area contributed by atoms with Crippen LogP contribution in [0.3, 0.4) is 0 Å². The van der Waals surface area contributed by atoms with Gasteiger partial charge in [0, 0.05) is 6.42 Å². The van der Waals surface area contributed by atoms with Gasteiger partial charge in [-0.1, -0.05) is 30.3 Å². The molecular formula is C13H17FO2. The Hall–Kier alpha value is -0.930.